The number of rotatable bonds is 1. The maximum absolute atomic E-state index is 12.0. The molecule has 1 aromatic heterocycles. The van der Waals surface area contributed by atoms with Crippen molar-refractivity contribution < 1.29 is 22.7 Å². The topological polar surface area (TPSA) is 26.3 Å². The number of benzene rings is 1. The van der Waals surface area contributed by atoms with Crippen LogP contribution in [0, 0.1) is 6.92 Å². The van der Waals surface area contributed by atoms with E-state index in [0.717, 1.165) is 10.3 Å². The third-order valence-electron chi connectivity index (χ3n) is 2.13. The van der Waals surface area contributed by atoms with Crippen LogP contribution in [0.15, 0.2) is 23.6 Å². The molecule has 90 valence electrons. The summed E-state index contributed by atoms with van der Waals surface area (Å²) in [5.74, 6) is -2.25. The zero-order chi connectivity index (χ0) is 12.6. The van der Waals surface area contributed by atoms with Crippen LogP contribution in [0.3, 0.4) is 0 Å². The van der Waals surface area contributed by atoms with Gasteiger partial charge in [0.15, 0.2) is 0 Å². The number of carbonyl (C=O) groups excluding carboxylic acids is 1. The van der Waals surface area contributed by atoms with E-state index in [0.29, 0.717) is 5.39 Å². The molecule has 0 spiro atoms. The van der Waals surface area contributed by atoms with Gasteiger partial charge in [-0.3, -0.25) is 0 Å². The minimum absolute atomic E-state index is 0.0488. The third-order valence-corrected chi connectivity index (χ3v) is 3.05. The normalized spacial score (nSPS) is 11.8. The summed E-state index contributed by atoms with van der Waals surface area (Å²) in [6.45, 7) is 1.88. The van der Waals surface area contributed by atoms with E-state index in [9.17, 15) is 18.0 Å². The third kappa shape index (κ3) is 2.41. The average molecular weight is 260 g/mol. The maximum atomic E-state index is 12.0. The Morgan fingerprint density at radius 2 is 2.06 bits per heavy atom. The van der Waals surface area contributed by atoms with E-state index in [4.69, 9.17) is 0 Å². The fourth-order valence-electron chi connectivity index (χ4n) is 1.35. The quantitative estimate of drug-likeness (QED) is 0.731. The van der Waals surface area contributed by atoms with E-state index < -0.39 is 12.1 Å². The van der Waals surface area contributed by atoms with E-state index in [1.807, 2.05) is 13.0 Å². The van der Waals surface area contributed by atoms with Crippen LogP contribution in [-0.4, -0.2) is 12.1 Å². The number of thiophene rings is 1. The van der Waals surface area contributed by atoms with Crippen molar-refractivity contribution in [3.8, 4) is 5.75 Å². The lowest BCUT2D eigenvalue weighted by molar-refractivity contribution is -0.189. The number of ether oxygens (including phenoxy) is 1. The Morgan fingerprint density at radius 3 is 2.71 bits per heavy atom. The molecule has 0 aliphatic carbocycles. The summed E-state index contributed by atoms with van der Waals surface area (Å²) < 4.78 is 41.2. The monoisotopic (exact) mass is 260 g/mol. The molecule has 0 saturated heterocycles. The summed E-state index contributed by atoms with van der Waals surface area (Å²) >= 11 is 1.24. The van der Waals surface area contributed by atoms with Crippen LogP contribution in [-0.2, 0) is 4.79 Å². The van der Waals surface area contributed by atoms with E-state index in [2.05, 4.69) is 4.74 Å². The second kappa shape index (κ2) is 4.03. The molecule has 0 fully saturated rings. The summed E-state index contributed by atoms with van der Waals surface area (Å²) in [6.07, 6.45) is -4.97. The van der Waals surface area contributed by atoms with Gasteiger partial charge in [0, 0.05) is 15.5 Å². The molecule has 0 saturated carbocycles. The molecule has 0 N–H and O–H groups in total. The molecule has 0 unspecified atom stereocenters. The number of halogens is 3. The first-order chi connectivity index (χ1) is 7.88. The number of fused-ring (bicyclic) bond motifs is 1. The van der Waals surface area contributed by atoms with Crippen molar-refractivity contribution in [2.75, 3.05) is 0 Å². The molecule has 0 amide bonds. The van der Waals surface area contributed by atoms with Crippen LogP contribution in [0.25, 0.3) is 10.1 Å². The Bertz CT molecular complexity index is 572. The number of hydrogen-bond donors (Lipinski definition) is 0. The van der Waals surface area contributed by atoms with Gasteiger partial charge in [-0.2, -0.15) is 13.2 Å². The molecule has 2 rings (SSSR count). The van der Waals surface area contributed by atoms with Gasteiger partial charge in [0.2, 0.25) is 0 Å². The highest BCUT2D eigenvalue weighted by Crippen LogP contribution is 2.34. The standard InChI is InChI=1S/C11H7F3O2S/c1-6-2-3-7-8(5-17-9(7)4-6)16-10(15)11(12,13)14/h2-5H,1H3. The fraction of sp³-hybridized carbons (Fsp3) is 0.182. The first-order valence-electron chi connectivity index (χ1n) is 4.65. The minimum Gasteiger partial charge on any atom is -0.418 e. The summed E-state index contributed by atoms with van der Waals surface area (Å²) in [5, 5.41) is 1.91. The lowest BCUT2D eigenvalue weighted by Crippen LogP contribution is -2.27. The number of alkyl halides is 3. The summed E-state index contributed by atoms with van der Waals surface area (Å²) in [4.78, 5) is 10.7. The number of esters is 1. The smallest absolute Gasteiger partial charge is 0.418 e. The molecule has 6 heteroatoms. The van der Waals surface area contributed by atoms with Crippen molar-refractivity contribution in [1.82, 2.24) is 0 Å². The number of carbonyl (C=O) groups is 1. The first kappa shape index (κ1) is 11.9. The van der Waals surface area contributed by atoms with Gasteiger partial charge in [-0.15, -0.1) is 11.3 Å². The van der Waals surface area contributed by atoms with Crippen molar-refractivity contribution in [2.24, 2.45) is 0 Å². The van der Waals surface area contributed by atoms with Gasteiger partial charge in [0.25, 0.3) is 0 Å². The van der Waals surface area contributed by atoms with Crippen LogP contribution in [0.4, 0.5) is 13.2 Å². The molecule has 1 heterocycles. The molecule has 0 atom stereocenters. The van der Waals surface area contributed by atoms with Crippen LogP contribution >= 0.6 is 11.3 Å². The largest absolute Gasteiger partial charge is 0.491 e. The molecular formula is C11H7F3O2S. The zero-order valence-corrected chi connectivity index (χ0v) is 9.48. The van der Waals surface area contributed by atoms with Crippen molar-refractivity contribution in [3.05, 3.63) is 29.1 Å². The molecule has 0 bridgehead atoms. The molecule has 17 heavy (non-hydrogen) atoms. The molecular weight excluding hydrogens is 253 g/mol. The summed E-state index contributed by atoms with van der Waals surface area (Å²) in [5.41, 5.74) is 0.994. The van der Waals surface area contributed by atoms with E-state index in [1.165, 1.54) is 16.7 Å². The Morgan fingerprint density at radius 1 is 1.35 bits per heavy atom. The molecule has 0 radical (unpaired) electrons. The SMILES string of the molecule is Cc1ccc2c(OC(=O)C(F)(F)F)csc2c1. The Labute approximate surface area is 98.6 Å². The van der Waals surface area contributed by atoms with Gasteiger partial charge in [0.1, 0.15) is 5.75 Å². The van der Waals surface area contributed by atoms with Gasteiger partial charge in [-0.05, 0) is 24.6 Å². The molecule has 2 nitrogen and oxygen atoms in total. The van der Waals surface area contributed by atoms with Crippen molar-refractivity contribution in [1.29, 1.82) is 0 Å². The van der Waals surface area contributed by atoms with Crippen LogP contribution in [0.2, 0.25) is 0 Å². The molecule has 0 aliphatic heterocycles. The predicted molar refractivity (Wildman–Crippen MR) is 58.3 cm³/mol. The number of aryl methyl sites for hydroxylation is 1. The van der Waals surface area contributed by atoms with Gasteiger partial charge in [-0.25, -0.2) is 4.79 Å². The molecule has 2 aromatic rings. The van der Waals surface area contributed by atoms with Gasteiger partial charge in [-0.1, -0.05) is 6.07 Å². The highest BCUT2D eigenvalue weighted by Gasteiger charge is 2.41. The second-order valence-electron chi connectivity index (χ2n) is 3.49. The summed E-state index contributed by atoms with van der Waals surface area (Å²) in [6, 6.07) is 5.21. The highest BCUT2D eigenvalue weighted by atomic mass is 32.1. The van der Waals surface area contributed by atoms with Gasteiger partial charge >= 0.3 is 12.1 Å². The van der Waals surface area contributed by atoms with E-state index in [-0.39, 0.29) is 5.75 Å². The average Bonchev–Trinajstić information content (AvgIpc) is 2.59. The number of hydrogen-bond acceptors (Lipinski definition) is 3. The van der Waals surface area contributed by atoms with Crippen molar-refractivity contribution >= 4 is 27.4 Å². The van der Waals surface area contributed by atoms with Crippen LogP contribution in [0.5, 0.6) is 5.75 Å². The molecule has 1 aromatic carbocycles. The van der Waals surface area contributed by atoms with Crippen molar-refractivity contribution in [3.63, 3.8) is 0 Å². The zero-order valence-electron chi connectivity index (χ0n) is 8.67. The lowest BCUT2D eigenvalue weighted by Gasteiger charge is -2.05. The predicted octanol–water partition coefficient (Wildman–Crippen LogP) is 3.68. The highest BCUT2D eigenvalue weighted by molar-refractivity contribution is 7.17. The Hall–Kier alpha value is -1.56. The van der Waals surface area contributed by atoms with Crippen molar-refractivity contribution in [2.45, 2.75) is 13.1 Å². The van der Waals surface area contributed by atoms with Gasteiger partial charge < -0.3 is 4.74 Å². The Balaban J connectivity index is 2.35. The first-order valence-corrected chi connectivity index (χ1v) is 5.53. The van der Waals surface area contributed by atoms with E-state index in [1.54, 1.807) is 12.1 Å². The van der Waals surface area contributed by atoms with Crippen LogP contribution in [0.1, 0.15) is 5.56 Å². The summed E-state index contributed by atoms with van der Waals surface area (Å²) in [7, 11) is 0. The minimum atomic E-state index is -4.97. The van der Waals surface area contributed by atoms with Gasteiger partial charge in [0.05, 0.1) is 0 Å². The van der Waals surface area contributed by atoms with Crippen LogP contribution < -0.4 is 4.74 Å². The van der Waals surface area contributed by atoms with E-state index >= 15 is 0 Å². The maximum Gasteiger partial charge on any atom is 0.491 e. The molecule has 0 aliphatic rings. The second-order valence-corrected chi connectivity index (χ2v) is 4.40. The lowest BCUT2D eigenvalue weighted by atomic mass is 10.2. The fourth-order valence-corrected chi connectivity index (χ4v) is 2.31. The Kier molecular flexibility index (Phi) is 2.82.